The van der Waals surface area contributed by atoms with Crippen molar-refractivity contribution in [2.75, 3.05) is 37.6 Å². The number of aliphatic carboxylic acids is 1. The Morgan fingerprint density at radius 1 is 1.29 bits per heavy atom. The minimum atomic E-state index is -0.981. The molecule has 0 aromatic rings. The van der Waals surface area contributed by atoms with Crippen LogP contribution in [0.5, 0.6) is 0 Å². The highest BCUT2D eigenvalue weighted by molar-refractivity contribution is 7.98. The summed E-state index contributed by atoms with van der Waals surface area (Å²) in [5.41, 5.74) is 0. The average Bonchev–Trinajstić information content (AvgIpc) is 2.30. The minimum absolute atomic E-state index is 0.326. The second-order valence-corrected chi connectivity index (χ2v) is 5.51. The van der Waals surface area contributed by atoms with Crippen LogP contribution in [0.2, 0.25) is 0 Å². The summed E-state index contributed by atoms with van der Waals surface area (Å²) in [5.74, 6) is 0.573. The zero-order valence-electron chi connectivity index (χ0n) is 10.4. The van der Waals surface area contributed by atoms with Gasteiger partial charge < -0.3 is 15.3 Å². The van der Waals surface area contributed by atoms with E-state index in [4.69, 9.17) is 5.11 Å². The summed E-state index contributed by atoms with van der Waals surface area (Å²) in [6.45, 7) is 0.613. The van der Waals surface area contributed by atoms with E-state index in [1.807, 2.05) is 12.5 Å². The molecular weight excluding hydrogens is 260 g/mol. The number of carboxylic acids is 1. The van der Waals surface area contributed by atoms with Gasteiger partial charge in [-0.1, -0.05) is 0 Å². The monoisotopic (exact) mass is 280 g/mol. The first-order chi connectivity index (χ1) is 8.02. The number of thioether (sulfide) groups is 2. The molecule has 17 heavy (non-hydrogen) atoms. The lowest BCUT2D eigenvalue weighted by molar-refractivity contribution is -0.139. The second kappa shape index (κ2) is 9.47. The van der Waals surface area contributed by atoms with Gasteiger partial charge in [-0.25, -0.2) is 9.59 Å². The molecule has 100 valence electrons. The molecule has 0 unspecified atom stereocenters. The lowest BCUT2D eigenvalue weighted by atomic mass is 10.2. The molecule has 2 N–H and O–H groups in total. The van der Waals surface area contributed by atoms with Crippen molar-refractivity contribution in [2.24, 2.45) is 0 Å². The van der Waals surface area contributed by atoms with Crippen molar-refractivity contribution in [1.82, 2.24) is 10.2 Å². The van der Waals surface area contributed by atoms with Crippen molar-refractivity contribution in [1.29, 1.82) is 0 Å². The predicted molar refractivity (Wildman–Crippen MR) is 74.0 cm³/mol. The summed E-state index contributed by atoms with van der Waals surface area (Å²) in [6.07, 6.45) is 4.31. The number of nitrogens with zero attached hydrogens (tertiary/aromatic N) is 1. The highest BCUT2D eigenvalue weighted by atomic mass is 32.2. The molecule has 0 aliphatic rings. The number of nitrogens with one attached hydrogen (secondary N) is 1. The molecule has 0 aliphatic heterocycles. The summed E-state index contributed by atoms with van der Waals surface area (Å²) in [4.78, 5) is 24.1. The maximum atomic E-state index is 11.7. The molecule has 7 heteroatoms. The normalized spacial score (nSPS) is 11.9. The lowest BCUT2D eigenvalue weighted by Crippen LogP contribution is -2.47. The number of amides is 2. The fourth-order valence-electron chi connectivity index (χ4n) is 1.08. The van der Waals surface area contributed by atoms with E-state index in [-0.39, 0.29) is 6.03 Å². The van der Waals surface area contributed by atoms with E-state index in [0.29, 0.717) is 18.7 Å². The van der Waals surface area contributed by atoms with Crippen LogP contribution in [0.1, 0.15) is 6.42 Å². The van der Waals surface area contributed by atoms with Crippen LogP contribution in [-0.4, -0.2) is 65.7 Å². The van der Waals surface area contributed by atoms with Crippen LogP contribution in [0.15, 0.2) is 0 Å². The van der Waals surface area contributed by atoms with E-state index in [0.717, 1.165) is 5.75 Å². The van der Waals surface area contributed by atoms with Crippen molar-refractivity contribution < 1.29 is 14.7 Å². The molecule has 0 fully saturated rings. The van der Waals surface area contributed by atoms with E-state index < -0.39 is 12.0 Å². The number of urea groups is 1. The Morgan fingerprint density at radius 3 is 2.35 bits per heavy atom. The fourth-order valence-corrected chi connectivity index (χ4v) is 2.01. The van der Waals surface area contributed by atoms with Crippen molar-refractivity contribution in [3.63, 3.8) is 0 Å². The van der Waals surface area contributed by atoms with Gasteiger partial charge in [-0.3, -0.25) is 0 Å². The third-order valence-electron chi connectivity index (χ3n) is 2.18. The molecule has 0 saturated carbocycles. The summed E-state index contributed by atoms with van der Waals surface area (Å²) in [5, 5.41) is 11.5. The average molecular weight is 280 g/mol. The van der Waals surface area contributed by atoms with Gasteiger partial charge in [0.05, 0.1) is 0 Å². The zero-order chi connectivity index (χ0) is 13.3. The quantitative estimate of drug-likeness (QED) is 0.699. The largest absolute Gasteiger partial charge is 0.480 e. The molecule has 0 bridgehead atoms. The van der Waals surface area contributed by atoms with Gasteiger partial charge in [0.25, 0.3) is 0 Å². The first kappa shape index (κ1) is 16.4. The van der Waals surface area contributed by atoms with Gasteiger partial charge in [0, 0.05) is 19.3 Å². The predicted octanol–water partition coefficient (Wildman–Crippen LogP) is 1.20. The highest BCUT2D eigenvalue weighted by Crippen LogP contribution is 2.02. The molecule has 5 nitrogen and oxygen atoms in total. The van der Waals surface area contributed by atoms with Crippen LogP contribution in [0.3, 0.4) is 0 Å². The standard InChI is InChI=1S/C10H20N2O3S2/c1-12(5-7-17-3)10(15)11-8(9(13)14)4-6-16-2/h8H,4-7H2,1-3H3,(H,11,15)(H,13,14)/t8-/m0/s1. The maximum Gasteiger partial charge on any atom is 0.326 e. The van der Waals surface area contributed by atoms with Crippen LogP contribution >= 0.6 is 23.5 Å². The first-order valence-corrected chi connectivity index (χ1v) is 8.04. The molecule has 0 spiro atoms. The van der Waals surface area contributed by atoms with E-state index in [1.54, 1.807) is 30.6 Å². The van der Waals surface area contributed by atoms with Gasteiger partial charge in [0.15, 0.2) is 0 Å². The third kappa shape index (κ3) is 7.38. The molecule has 0 saturated heterocycles. The van der Waals surface area contributed by atoms with Gasteiger partial charge in [0.1, 0.15) is 6.04 Å². The summed E-state index contributed by atoms with van der Waals surface area (Å²) in [6, 6.07) is -1.13. The van der Waals surface area contributed by atoms with Crippen LogP contribution in [-0.2, 0) is 4.79 Å². The van der Waals surface area contributed by atoms with Gasteiger partial charge in [-0.05, 0) is 24.7 Å². The summed E-state index contributed by atoms with van der Waals surface area (Å²) < 4.78 is 0. The molecule has 0 aliphatic carbocycles. The molecule has 0 aromatic carbocycles. The number of hydrogen-bond acceptors (Lipinski definition) is 4. The molecule has 0 radical (unpaired) electrons. The van der Waals surface area contributed by atoms with Gasteiger partial charge >= 0.3 is 12.0 Å². The number of carbonyl (C=O) groups excluding carboxylic acids is 1. The molecule has 2 amide bonds. The number of rotatable bonds is 8. The zero-order valence-corrected chi connectivity index (χ0v) is 12.1. The SMILES string of the molecule is CSCC[C@H](NC(=O)N(C)CCSC)C(=O)O. The van der Waals surface area contributed by atoms with Gasteiger partial charge in [-0.2, -0.15) is 23.5 Å². The molecule has 0 aromatic heterocycles. The van der Waals surface area contributed by atoms with Crippen LogP contribution in [0, 0.1) is 0 Å². The molecular formula is C10H20N2O3S2. The molecule has 0 rings (SSSR count). The van der Waals surface area contributed by atoms with Crippen molar-refractivity contribution in [3.05, 3.63) is 0 Å². The number of carboxylic acid groups (broad SMARTS) is 1. The third-order valence-corrected chi connectivity index (χ3v) is 3.42. The van der Waals surface area contributed by atoms with Crippen molar-refractivity contribution in [2.45, 2.75) is 12.5 Å². The molecule has 0 heterocycles. The second-order valence-electron chi connectivity index (χ2n) is 3.54. The van der Waals surface area contributed by atoms with Crippen LogP contribution < -0.4 is 5.32 Å². The Morgan fingerprint density at radius 2 is 1.88 bits per heavy atom. The highest BCUT2D eigenvalue weighted by Gasteiger charge is 2.20. The first-order valence-electron chi connectivity index (χ1n) is 5.25. The Balaban J connectivity index is 4.15. The minimum Gasteiger partial charge on any atom is -0.480 e. The maximum absolute atomic E-state index is 11.7. The van der Waals surface area contributed by atoms with E-state index in [2.05, 4.69) is 5.32 Å². The number of carbonyl (C=O) groups is 2. The number of hydrogen-bond donors (Lipinski definition) is 2. The topological polar surface area (TPSA) is 69.6 Å². The summed E-state index contributed by atoms with van der Waals surface area (Å²) >= 11 is 3.21. The van der Waals surface area contributed by atoms with Crippen LogP contribution in [0.25, 0.3) is 0 Å². The van der Waals surface area contributed by atoms with E-state index >= 15 is 0 Å². The van der Waals surface area contributed by atoms with Crippen molar-refractivity contribution >= 4 is 35.5 Å². The van der Waals surface area contributed by atoms with Crippen LogP contribution in [0.4, 0.5) is 4.79 Å². The van der Waals surface area contributed by atoms with E-state index in [1.165, 1.54) is 4.90 Å². The Hall–Kier alpha value is -0.560. The summed E-state index contributed by atoms with van der Waals surface area (Å²) in [7, 11) is 1.67. The lowest BCUT2D eigenvalue weighted by Gasteiger charge is -2.20. The van der Waals surface area contributed by atoms with E-state index in [9.17, 15) is 9.59 Å². The smallest absolute Gasteiger partial charge is 0.326 e. The Labute approximate surface area is 111 Å². The fraction of sp³-hybridized carbons (Fsp3) is 0.800. The van der Waals surface area contributed by atoms with Gasteiger partial charge in [-0.15, -0.1) is 0 Å². The Kier molecular flexibility index (Phi) is 9.16. The van der Waals surface area contributed by atoms with Gasteiger partial charge in [0.2, 0.25) is 0 Å². The molecule has 1 atom stereocenters. The van der Waals surface area contributed by atoms with Crippen molar-refractivity contribution in [3.8, 4) is 0 Å². The Bertz CT molecular complexity index is 252.